The minimum atomic E-state index is 0.807. The highest BCUT2D eigenvalue weighted by Crippen LogP contribution is 2.23. The molecule has 0 aromatic heterocycles. The topological polar surface area (TPSA) is 24.4 Å². The summed E-state index contributed by atoms with van der Waals surface area (Å²) in [6.45, 7) is 2.16. The van der Waals surface area contributed by atoms with E-state index in [0.29, 0.717) is 0 Å². The minimum absolute atomic E-state index is 0.807. The number of amidine groups is 1. The van der Waals surface area contributed by atoms with Gasteiger partial charge < -0.3 is 5.32 Å². The van der Waals surface area contributed by atoms with E-state index < -0.39 is 0 Å². The smallest absolute Gasteiger partial charge is 0.0964 e. The van der Waals surface area contributed by atoms with Crippen molar-refractivity contribution in [3.8, 4) is 0 Å². The fraction of sp³-hybridized carbons (Fsp3) is 0.889. The summed E-state index contributed by atoms with van der Waals surface area (Å²) in [6, 6.07) is 0. The molecule has 2 aliphatic heterocycles. The van der Waals surface area contributed by atoms with Crippen LogP contribution in [0, 0.1) is 0 Å². The molecule has 1 fully saturated rings. The van der Waals surface area contributed by atoms with Crippen LogP contribution in [0.15, 0.2) is 4.99 Å². The molecular formula is C9H16N2S2. The van der Waals surface area contributed by atoms with Crippen molar-refractivity contribution in [3.63, 3.8) is 0 Å². The largest absolute Gasteiger partial charge is 0.373 e. The molecule has 0 spiro atoms. The summed E-state index contributed by atoms with van der Waals surface area (Å²) in [4.78, 5) is 4.41. The lowest BCUT2D eigenvalue weighted by Gasteiger charge is -2.21. The van der Waals surface area contributed by atoms with Crippen molar-refractivity contribution in [2.75, 3.05) is 30.3 Å². The van der Waals surface area contributed by atoms with Crippen LogP contribution in [0.25, 0.3) is 0 Å². The first-order chi connectivity index (χ1) is 6.45. The summed E-state index contributed by atoms with van der Waals surface area (Å²) in [5.41, 5.74) is 0. The van der Waals surface area contributed by atoms with Crippen molar-refractivity contribution in [2.45, 2.75) is 18.1 Å². The van der Waals surface area contributed by atoms with E-state index in [1.807, 2.05) is 0 Å². The Hall–Kier alpha value is 0.170. The molecule has 1 unspecified atom stereocenters. The van der Waals surface area contributed by atoms with Crippen LogP contribution in [-0.4, -0.2) is 41.4 Å². The predicted molar refractivity (Wildman–Crippen MR) is 63.1 cm³/mol. The van der Waals surface area contributed by atoms with Gasteiger partial charge in [-0.1, -0.05) is 0 Å². The molecule has 1 N–H and O–H groups in total. The summed E-state index contributed by atoms with van der Waals surface area (Å²) in [7, 11) is 0. The molecule has 4 heteroatoms. The first-order valence-corrected chi connectivity index (χ1v) is 7.12. The van der Waals surface area contributed by atoms with Crippen LogP contribution < -0.4 is 5.32 Å². The van der Waals surface area contributed by atoms with Gasteiger partial charge in [0.05, 0.1) is 5.84 Å². The Bertz CT molecular complexity index is 188. The second-order valence-corrected chi connectivity index (χ2v) is 5.94. The van der Waals surface area contributed by atoms with Gasteiger partial charge in [-0.3, -0.25) is 4.99 Å². The van der Waals surface area contributed by atoms with Crippen molar-refractivity contribution in [1.82, 2.24) is 5.32 Å². The third-order valence-electron chi connectivity index (χ3n) is 2.29. The van der Waals surface area contributed by atoms with E-state index in [4.69, 9.17) is 0 Å². The maximum Gasteiger partial charge on any atom is 0.0964 e. The van der Waals surface area contributed by atoms with E-state index in [1.54, 1.807) is 0 Å². The maximum atomic E-state index is 4.41. The summed E-state index contributed by atoms with van der Waals surface area (Å²) < 4.78 is 0. The summed E-state index contributed by atoms with van der Waals surface area (Å²) in [5.74, 6) is 5.22. The van der Waals surface area contributed by atoms with Crippen LogP contribution >= 0.6 is 23.5 Å². The number of aliphatic imine (C=N–C) groups is 1. The van der Waals surface area contributed by atoms with Crippen molar-refractivity contribution < 1.29 is 0 Å². The monoisotopic (exact) mass is 216 g/mol. The summed E-state index contributed by atoms with van der Waals surface area (Å²) in [6.07, 6.45) is 2.42. The highest BCUT2D eigenvalue weighted by molar-refractivity contribution is 8.06. The Labute approximate surface area is 88.3 Å². The van der Waals surface area contributed by atoms with Gasteiger partial charge in [-0.2, -0.15) is 23.5 Å². The highest BCUT2D eigenvalue weighted by Gasteiger charge is 2.15. The van der Waals surface area contributed by atoms with Gasteiger partial charge in [-0.15, -0.1) is 0 Å². The van der Waals surface area contributed by atoms with Gasteiger partial charge in [0, 0.05) is 42.0 Å². The molecule has 0 aromatic carbocycles. The molecule has 74 valence electrons. The van der Waals surface area contributed by atoms with Gasteiger partial charge in [-0.25, -0.2) is 0 Å². The summed E-state index contributed by atoms with van der Waals surface area (Å²) in [5, 5.41) is 4.27. The molecule has 2 aliphatic rings. The second kappa shape index (κ2) is 5.15. The molecule has 13 heavy (non-hydrogen) atoms. The molecule has 0 aromatic rings. The molecular weight excluding hydrogens is 200 g/mol. The number of hydrogen-bond acceptors (Lipinski definition) is 4. The van der Waals surface area contributed by atoms with Crippen molar-refractivity contribution in [2.24, 2.45) is 4.99 Å². The molecule has 1 atom stereocenters. The molecule has 0 saturated carbocycles. The number of thioether (sulfide) groups is 2. The first kappa shape index (κ1) is 9.71. The minimum Gasteiger partial charge on any atom is -0.373 e. The Balaban J connectivity index is 1.66. The molecule has 0 bridgehead atoms. The second-order valence-electron chi connectivity index (χ2n) is 3.38. The molecule has 2 heterocycles. The van der Waals surface area contributed by atoms with Crippen molar-refractivity contribution in [3.05, 3.63) is 0 Å². The Morgan fingerprint density at radius 2 is 2.46 bits per heavy atom. The van der Waals surface area contributed by atoms with E-state index in [-0.39, 0.29) is 0 Å². The zero-order valence-corrected chi connectivity index (χ0v) is 9.42. The van der Waals surface area contributed by atoms with Gasteiger partial charge in [0.2, 0.25) is 0 Å². The highest BCUT2D eigenvalue weighted by atomic mass is 32.2. The van der Waals surface area contributed by atoms with E-state index in [0.717, 1.165) is 18.3 Å². The molecule has 0 aliphatic carbocycles. The Kier molecular flexibility index (Phi) is 3.85. The van der Waals surface area contributed by atoms with E-state index >= 15 is 0 Å². The van der Waals surface area contributed by atoms with Gasteiger partial charge >= 0.3 is 0 Å². The SMILES string of the molecule is C1CN=C(NCC2CSCCS2)C1. The fourth-order valence-corrected chi connectivity index (χ4v) is 4.18. The molecule has 0 radical (unpaired) electrons. The van der Waals surface area contributed by atoms with Crippen LogP contribution in [0.5, 0.6) is 0 Å². The van der Waals surface area contributed by atoms with Crippen LogP contribution in [0.3, 0.4) is 0 Å². The first-order valence-electron chi connectivity index (χ1n) is 4.92. The Morgan fingerprint density at radius 1 is 1.46 bits per heavy atom. The summed E-state index contributed by atoms with van der Waals surface area (Å²) >= 11 is 4.19. The zero-order chi connectivity index (χ0) is 8.93. The van der Waals surface area contributed by atoms with Gasteiger partial charge in [0.1, 0.15) is 0 Å². The standard InChI is InChI=1S/C9H16N2S2/c1-2-9(10-3-1)11-6-8-7-12-4-5-13-8/h8H,1-7H2,(H,10,11). The number of hydrogen-bond donors (Lipinski definition) is 1. The normalized spacial score (nSPS) is 28.6. The average molecular weight is 216 g/mol. The van der Waals surface area contributed by atoms with E-state index in [1.165, 1.54) is 35.9 Å². The molecule has 2 rings (SSSR count). The van der Waals surface area contributed by atoms with Crippen LogP contribution in [0.1, 0.15) is 12.8 Å². The Morgan fingerprint density at radius 3 is 3.15 bits per heavy atom. The van der Waals surface area contributed by atoms with Gasteiger partial charge in [-0.05, 0) is 6.42 Å². The number of nitrogens with one attached hydrogen (secondary N) is 1. The van der Waals surface area contributed by atoms with Crippen molar-refractivity contribution >= 4 is 29.4 Å². The van der Waals surface area contributed by atoms with E-state index in [9.17, 15) is 0 Å². The predicted octanol–water partition coefficient (Wildman–Crippen LogP) is 1.62. The number of nitrogens with zero attached hydrogens (tertiary/aromatic N) is 1. The average Bonchev–Trinajstić information content (AvgIpc) is 2.69. The molecule has 2 nitrogen and oxygen atoms in total. The lowest BCUT2D eigenvalue weighted by molar-refractivity contribution is 0.846. The molecule has 1 saturated heterocycles. The molecule has 0 amide bonds. The third-order valence-corrected chi connectivity index (χ3v) is 5.14. The quantitative estimate of drug-likeness (QED) is 0.759. The lowest BCUT2D eigenvalue weighted by atomic mass is 10.3. The zero-order valence-electron chi connectivity index (χ0n) is 7.79. The van der Waals surface area contributed by atoms with Crippen LogP contribution in [0.4, 0.5) is 0 Å². The van der Waals surface area contributed by atoms with Crippen LogP contribution in [0.2, 0.25) is 0 Å². The number of rotatable bonds is 2. The van der Waals surface area contributed by atoms with Crippen molar-refractivity contribution in [1.29, 1.82) is 0 Å². The van der Waals surface area contributed by atoms with Crippen LogP contribution in [-0.2, 0) is 0 Å². The van der Waals surface area contributed by atoms with E-state index in [2.05, 4.69) is 33.8 Å². The fourth-order valence-electron chi connectivity index (χ4n) is 1.57. The van der Waals surface area contributed by atoms with Gasteiger partial charge in [0.25, 0.3) is 0 Å². The lowest BCUT2D eigenvalue weighted by Crippen LogP contribution is -2.32. The van der Waals surface area contributed by atoms with Gasteiger partial charge in [0.15, 0.2) is 0 Å². The maximum absolute atomic E-state index is 4.41. The third kappa shape index (κ3) is 3.09.